The van der Waals surface area contributed by atoms with Gasteiger partial charge in [0.15, 0.2) is 0 Å². The zero-order chi connectivity index (χ0) is 16.4. The number of anilines is 2. The van der Waals surface area contributed by atoms with E-state index in [9.17, 15) is 4.79 Å². The summed E-state index contributed by atoms with van der Waals surface area (Å²) in [5.74, 6) is 2.48. The average molecular weight is 329 g/mol. The van der Waals surface area contributed by atoms with Crippen molar-refractivity contribution < 1.29 is 4.79 Å². The van der Waals surface area contributed by atoms with Crippen LogP contribution < -0.4 is 10.2 Å². The van der Waals surface area contributed by atoms with Gasteiger partial charge in [-0.15, -0.1) is 0 Å². The van der Waals surface area contributed by atoms with Crippen LogP contribution >= 0.6 is 0 Å². The average Bonchev–Trinajstić information content (AvgIpc) is 3.48. The third kappa shape index (κ3) is 3.62. The summed E-state index contributed by atoms with van der Waals surface area (Å²) in [6, 6.07) is 2.35. The molecular weight excluding hydrogens is 302 g/mol. The highest BCUT2D eigenvalue weighted by Crippen LogP contribution is 2.32. The third-order valence-electron chi connectivity index (χ3n) is 5.37. The Balaban J connectivity index is 1.31. The molecule has 0 aromatic carbocycles. The van der Waals surface area contributed by atoms with E-state index in [1.165, 1.54) is 19.3 Å². The van der Waals surface area contributed by atoms with Gasteiger partial charge in [0.2, 0.25) is 11.9 Å². The van der Waals surface area contributed by atoms with Crippen LogP contribution in [-0.4, -0.2) is 53.0 Å². The number of amides is 1. The maximum Gasteiger partial charge on any atom is 0.227 e. The van der Waals surface area contributed by atoms with Crippen LogP contribution in [0.3, 0.4) is 0 Å². The molecule has 1 N–H and O–H groups in total. The minimum absolute atomic E-state index is 0.337. The number of carbonyl (C=O) groups excluding carboxylic acids is 1. The SMILES string of the molecule is O=C(C1CC1)N1CCC(Nc2ccnc(N3CCCCC3)n2)CC1. The van der Waals surface area contributed by atoms with E-state index in [-0.39, 0.29) is 0 Å². The second-order valence-corrected chi connectivity index (χ2v) is 7.31. The lowest BCUT2D eigenvalue weighted by atomic mass is 10.0. The summed E-state index contributed by atoms with van der Waals surface area (Å²) in [5.41, 5.74) is 0. The summed E-state index contributed by atoms with van der Waals surface area (Å²) in [6.07, 6.45) is 9.82. The molecule has 0 spiro atoms. The largest absolute Gasteiger partial charge is 0.367 e. The molecule has 24 heavy (non-hydrogen) atoms. The van der Waals surface area contributed by atoms with E-state index in [0.29, 0.717) is 17.9 Å². The Bertz CT molecular complexity index is 575. The maximum absolute atomic E-state index is 12.1. The van der Waals surface area contributed by atoms with Gasteiger partial charge in [0, 0.05) is 44.3 Å². The Morgan fingerprint density at radius 2 is 1.79 bits per heavy atom. The molecule has 1 aromatic rings. The van der Waals surface area contributed by atoms with Gasteiger partial charge in [-0.3, -0.25) is 4.79 Å². The molecule has 0 radical (unpaired) electrons. The Hall–Kier alpha value is -1.85. The molecule has 1 amide bonds. The summed E-state index contributed by atoms with van der Waals surface area (Å²) in [4.78, 5) is 25.6. The molecule has 6 heteroatoms. The minimum atomic E-state index is 0.337. The van der Waals surface area contributed by atoms with Crippen molar-refractivity contribution in [2.24, 2.45) is 5.92 Å². The molecule has 1 aromatic heterocycles. The van der Waals surface area contributed by atoms with Crippen molar-refractivity contribution in [3.05, 3.63) is 12.3 Å². The zero-order valence-electron chi connectivity index (χ0n) is 14.3. The topological polar surface area (TPSA) is 61.4 Å². The molecule has 4 rings (SSSR count). The first-order valence-corrected chi connectivity index (χ1v) is 9.43. The molecule has 6 nitrogen and oxygen atoms in total. The molecule has 1 aliphatic carbocycles. The number of aromatic nitrogens is 2. The van der Waals surface area contributed by atoms with Crippen LogP contribution in [0.5, 0.6) is 0 Å². The second-order valence-electron chi connectivity index (χ2n) is 7.31. The van der Waals surface area contributed by atoms with Crippen molar-refractivity contribution in [2.45, 2.75) is 51.0 Å². The van der Waals surface area contributed by atoms with E-state index in [0.717, 1.165) is 63.6 Å². The van der Waals surface area contributed by atoms with Gasteiger partial charge in [0.05, 0.1) is 0 Å². The Morgan fingerprint density at radius 1 is 1.04 bits per heavy atom. The number of carbonyl (C=O) groups is 1. The summed E-state index contributed by atoms with van der Waals surface area (Å²) in [6.45, 7) is 3.87. The maximum atomic E-state index is 12.1. The van der Waals surface area contributed by atoms with E-state index in [4.69, 9.17) is 4.98 Å². The van der Waals surface area contributed by atoms with E-state index in [1.807, 2.05) is 12.3 Å². The number of piperidine rings is 2. The number of hydrogen-bond donors (Lipinski definition) is 1. The van der Waals surface area contributed by atoms with E-state index in [2.05, 4.69) is 20.1 Å². The van der Waals surface area contributed by atoms with Crippen LogP contribution in [0, 0.1) is 5.92 Å². The minimum Gasteiger partial charge on any atom is -0.367 e. The predicted octanol–water partition coefficient (Wildman–Crippen LogP) is 2.28. The molecule has 0 bridgehead atoms. The van der Waals surface area contributed by atoms with Crippen molar-refractivity contribution in [3.63, 3.8) is 0 Å². The molecule has 3 heterocycles. The predicted molar refractivity (Wildman–Crippen MR) is 94.0 cm³/mol. The van der Waals surface area contributed by atoms with Crippen LogP contribution in [0.4, 0.5) is 11.8 Å². The number of rotatable bonds is 4. The molecule has 2 aliphatic heterocycles. The molecule has 0 atom stereocenters. The standard InChI is InChI=1S/C18H27N5O/c24-17(14-4-5-14)22-12-7-15(8-13-22)20-16-6-9-19-18(21-16)23-10-2-1-3-11-23/h6,9,14-15H,1-5,7-8,10-13H2,(H,19,20,21). The lowest BCUT2D eigenvalue weighted by molar-refractivity contribution is -0.133. The Labute approximate surface area is 143 Å². The van der Waals surface area contributed by atoms with Crippen LogP contribution in [0.25, 0.3) is 0 Å². The molecule has 3 aliphatic rings. The van der Waals surface area contributed by atoms with Crippen molar-refractivity contribution in [1.29, 1.82) is 0 Å². The highest BCUT2D eigenvalue weighted by atomic mass is 16.2. The first-order chi connectivity index (χ1) is 11.8. The monoisotopic (exact) mass is 329 g/mol. The highest BCUT2D eigenvalue weighted by molar-refractivity contribution is 5.81. The fraction of sp³-hybridized carbons (Fsp3) is 0.722. The van der Waals surface area contributed by atoms with Crippen molar-refractivity contribution in [1.82, 2.24) is 14.9 Å². The van der Waals surface area contributed by atoms with Gasteiger partial charge in [0.1, 0.15) is 5.82 Å². The molecule has 2 saturated heterocycles. The first kappa shape index (κ1) is 15.7. The quantitative estimate of drug-likeness (QED) is 0.918. The van der Waals surface area contributed by atoms with E-state index >= 15 is 0 Å². The van der Waals surface area contributed by atoms with E-state index < -0.39 is 0 Å². The molecule has 1 saturated carbocycles. The molecule has 0 unspecified atom stereocenters. The molecule has 130 valence electrons. The van der Waals surface area contributed by atoms with Gasteiger partial charge in [-0.05, 0) is 51.0 Å². The van der Waals surface area contributed by atoms with Crippen LogP contribution in [0.15, 0.2) is 12.3 Å². The fourth-order valence-electron chi connectivity index (χ4n) is 3.72. The summed E-state index contributed by atoms with van der Waals surface area (Å²) >= 11 is 0. The molecular formula is C18H27N5O. The zero-order valence-corrected chi connectivity index (χ0v) is 14.3. The van der Waals surface area contributed by atoms with Gasteiger partial charge in [-0.1, -0.05) is 0 Å². The van der Waals surface area contributed by atoms with Crippen LogP contribution in [0.2, 0.25) is 0 Å². The third-order valence-corrected chi connectivity index (χ3v) is 5.37. The first-order valence-electron chi connectivity index (χ1n) is 9.43. The normalized spacial score (nSPS) is 22.5. The number of nitrogens with one attached hydrogen (secondary N) is 1. The van der Waals surface area contributed by atoms with Crippen molar-refractivity contribution in [3.8, 4) is 0 Å². The van der Waals surface area contributed by atoms with Gasteiger partial charge in [0.25, 0.3) is 0 Å². The Morgan fingerprint density at radius 3 is 2.50 bits per heavy atom. The summed E-state index contributed by atoms with van der Waals surface area (Å²) in [7, 11) is 0. The van der Waals surface area contributed by atoms with Gasteiger partial charge in [-0.2, -0.15) is 4.98 Å². The van der Waals surface area contributed by atoms with Crippen molar-refractivity contribution in [2.75, 3.05) is 36.4 Å². The Kier molecular flexibility index (Phi) is 4.54. The van der Waals surface area contributed by atoms with Gasteiger partial charge >= 0.3 is 0 Å². The fourth-order valence-corrected chi connectivity index (χ4v) is 3.72. The summed E-state index contributed by atoms with van der Waals surface area (Å²) < 4.78 is 0. The van der Waals surface area contributed by atoms with Gasteiger partial charge in [-0.25, -0.2) is 4.98 Å². The lowest BCUT2D eigenvalue weighted by Crippen LogP contribution is -2.43. The highest BCUT2D eigenvalue weighted by Gasteiger charge is 2.34. The van der Waals surface area contributed by atoms with Crippen LogP contribution in [0.1, 0.15) is 44.9 Å². The van der Waals surface area contributed by atoms with E-state index in [1.54, 1.807) is 0 Å². The molecule has 3 fully saturated rings. The van der Waals surface area contributed by atoms with Crippen LogP contribution in [-0.2, 0) is 4.79 Å². The number of nitrogens with zero attached hydrogens (tertiary/aromatic N) is 4. The smallest absolute Gasteiger partial charge is 0.227 e. The van der Waals surface area contributed by atoms with Crippen molar-refractivity contribution >= 4 is 17.7 Å². The second kappa shape index (κ2) is 6.95. The number of hydrogen-bond acceptors (Lipinski definition) is 5. The lowest BCUT2D eigenvalue weighted by Gasteiger charge is -2.33. The van der Waals surface area contributed by atoms with Gasteiger partial charge < -0.3 is 15.1 Å². The number of likely N-dealkylation sites (tertiary alicyclic amines) is 1. The summed E-state index contributed by atoms with van der Waals surface area (Å²) in [5, 5.41) is 3.55.